The van der Waals surface area contributed by atoms with Crippen molar-refractivity contribution in [3.63, 3.8) is 0 Å². The lowest BCUT2D eigenvalue weighted by atomic mass is 9.60. The first-order valence-electron chi connectivity index (χ1n) is 13.2. The highest BCUT2D eigenvalue weighted by Gasteiger charge is 2.51. The van der Waals surface area contributed by atoms with Crippen molar-refractivity contribution in [1.29, 1.82) is 0 Å². The summed E-state index contributed by atoms with van der Waals surface area (Å²) in [5, 5.41) is 3.67. The van der Waals surface area contributed by atoms with Crippen LogP contribution in [0.5, 0.6) is 11.5 Å². The second kappa shape index (κ2) is 8.38. The van der Waals surface area contributed by atoms with E-state index in [0.29, 0.717) is 0 Å². The minimum Gasteiger partial charge on any atom is -0.457 e. The fourth-order valence-corrected chi connectivity index (χ4v) is 6.26. The van der Waals surface area contributed by atoms with Crippen LogP contribution in [-0.2, 0) is 5.41 Å². The summed E-state index contributed by atoms with van der Waals surface area (Å²) in [4.78, 5) is 0. The number of hydrogen-bond donors (Lipinski definition) is 1. The topological polar surface area (TPSA) is 21.3 Å². The third kappa shape index (κ3) is 3.17. The van der Waals surface area contributed by atoms with E-state index in [4.69, 9.17) is 4.74 Å². The molecule has 2 heteroatoms. The number of nitrogens with one attached hydrogen (secondary N) is 1. The summed E-state index contributed by atoms with van der Waals surface area (Å²) in [5.74, 6) is 1.71. The van der Waals surface area contributed by atoms with Crippen LogP contribution in [0.15, 0.2) is 156 Å². The quantitative estimate of drug-likeness (QED) is 0.246. The molecule has 0 bridgehead atoms. The van der Waals surface area contributed by atoms with E-state index in [0.717, 1.165) is 50.7 Å². The van der Waals surface area contributed by atoms with E-state index in [1.807, 2.05) is 6.08 Å². The monoisotopic (exact) mass is 497 g/mol. The zero-order chi connectivity index (χ0) is 25.8. The van der Waals surface area contributed by atoms with Gasteiger partial charge in [-0.05, 0) is 70.3 Å². The molecule has 39 heavy (non-hydrogen) atoms. The predicted molar refractivity (Wildman–Crippen MR) is 157 cm³/mol. The maximum absolute atomic E-state index is 6.67. The van der Waals surface area contributed by atoms with Crippen LogP contribution in [0.2, 0.25) is 0 Å². The molecule has 2 aliphatic heterocycles. The van der Waals surface area contributed by atoms with Gasteiger partial charge in [0.25, 0.3) is 0 Å². The van der Waals surface area contributed by atoms with Crippen LogP contribution in [0, 0.1) is 0 Å². The standard InChI is InChI=1S/C37H23NO/c1-3-11-25(12-4-1)27-19-21-35-31(23-27)37(29-15-7-9-17-33(29)38-34-18-10-8-16-30(34)37)32-24-28(20-22-36(32)39-35)26-13-5-2-6-14-26/h1-7,9-15,17-24,38H. The van der Waals surface area contributed by atoms with Crippen molar-refractivity contribution in [1.82, 2.24) is 0 Å². The molecule has 3 aliphatic rings. The molecule has 0 aromatic heterocycles. The van der Waals surface area contributed by atoms with Crippen LogP contribution in [-0.4, -0.2) is 0 Å². The van der Waals surface area contributed by atoms with Gasteiger partial charge in [-0.2, -0.15) is 0 Å². The highest BCUT2D eigenvalue weighted by atomic mass is 16.5. The first-order valence-corrected chi connectivity index (χ1v) is 13.2. The van der Waals surface area contributed by atoms with Gasteiger partial charge in [-0.1, -0.05) is 102 Å². The maximum Gasteiger partial charge on any atom is 0.132 e. The maximum atomic E-state index is 6.67. The summed E-state index contributed by atoms with van der Waals surface area (Å²) >= 11 is 0. The second-order valence-electron chi connectivity index (χ2n) is 10.1. The predicted octanol–water partition coefficient (Wildman–Crippen LogP) is 9.02. The molecule has 0 amide bonds. The number of fused-ring (bicyclic) bond motifs is 8. The van der Waals surface area contributed by atoms with Gasteiger partial charge in [-0.25, -0.2) is 0 Å². The van der Waals surface area contributed by atoms with Crippen LogP contribution in [0.25, 0.3) is 22.3 Å². The molecule has 8 rings (SSSR count). The van der Waals surface area contributed by atoms with Gasteiger partial charge >= 0.3 is 0 Å². The third-order valence-electron chi connectivity index (χ3n) is 7.98. The van der Waals surface area contributed by atoms with Gasteiger partial charge in [-0.3, -0.25) is 0 Å². The van der Waals surface area contributed by atoms with Crippen molar-refractivity contribution < 1.29 is 4.74 Å². The van der Waals surface area contributed by atoms with Gasteiger partial charge in [0, 0.05) is 22.4 Å². The fraction of sp³-hybridized carbons (Fsp3) is 0.0270. The number of ether oxygens (including phenoxy) is 1. The Hall–Kier alpha value is -5.26. The van der Waals surface area contributed by atoms with E-state index < -0.39 is 5.41 Å². The molecule has 2 heterocycles. The fourth-order valence-electron chi connectivity index (χ4n) is 6.26. The van der Waals surface area contributed by atoms with Crippen LogP contribution < -0.4 is 10.1 Å². The molecule has 0 unspecified atom stereocenters. The normalized spacial score (nSPS) is 15.1. The van der Waals surface area contributed by atoms with Gasteiger partial charge in [0.05, 0.1) is 11.1 Å². The largest absolute Gasteiger partial charge is 0.457 e. The number of anilines is 1. The third-order valence-corrected chi connectivity index (χ3v) is 7.98. The Labute approximate surface area is 227 Å². The summed E-state index contributed by atoms with van der Waals surface area (Å²) in [6.07, 6.45) is 4.02. The van der Waals surface area contributed by atoms with Crippen molar-refractivity contribution in [2.45, 2.75) is 5.41 Å². The first-order chi connectivity index (χ1) is 19.3. The molecular weight excluding hydrogens is 474 g/mol. The van der Waals surface area contributed by atoms with Crippen LogP contribution in [0.1, 0.15) is 16.7 Å². The van der Waals surface area contributed by atoms with Crippen molar-refractivity contribution in [3.8, 4) is 33.8 Å². The summed E-state index contributed by atoms with van der Waals surface area (Å²) in [6, 6.07) is 42.8. The average molecular weight is 498 g/mol. The van der Waals surface area contributed by atoms with Gasteiger partial charge in [0.15, 0.2) is 0 Å². The summed E-state index contributed by atoms with van der Waals surface area (Å²) in [6.45, 7) is 0. The van der Waals surface area contributed by atoms with E-state index >= 15 is 0 Å². The number of hydrogen-bond acceptors (Lipinski definition) is 2. The zero-order valence-corrected chi connectivity index (χ0v) is 21.1. The van der Waals surface area contributed by atoms with Crippen molar-refractivity contribution in [2.75, 3.05) is 5.32 Å². The Kier molecular flexibility index (Phi) is 4.68. The Morgan fingerprint density at radius 1 is 0.564 bits per heavy atom. The Bertz CT molecular complexity index is 1830. The highest BCUT2D eigenvalue weighted by molar-refractivity contribution is 5.84. The number of benzene rings is 5. The summed E-state index contributed by atoms with van der Waals surface area (Å²) in [7, 11) is 0. The minimum atomic E-state index is -0.645. The molecule has 0 atom stereocenters. The Balaban J connectivity index is 1.51. The van der Waals surface area contributed by atoms with E-state index in [9.17, 15) is 0 Å². The van der Waals surface area contributed by atoms with E-state index in [-0.39, 0.29) is 0 Å². The molecule has 1 N–H and O–H groups in total. The van der Waals surface area contributed by atoms with E-state index in [1.165, 1.54) is 16.7 Å². The second-order valence-corrected chi connectivity index (χ2v) is 10.1. The van der Waals surface area contributed by atoms with Gasteiger partial charge in [0.2, 0.25) is 0 Å². The molecule has 0 saturated heterocycles. The van der Waals surface area contributed by atoms with Crippen LogP contribution in [0.4, 0.5) is 5.69 Å². The van der Waals surface area contributed by atoms with Crippen molar-refractivity contribution >= 4 is 5.69 Å². The first kappa shape index (κ1) is 21.8. The molecule has 5 aromatic rings. The van der Waals surface area contributed by atoms with E-state index in [2.05, 4.69) is 144 Å². The number of allylic oxidation sites excluding steroid dienone is 3. The summed E-state index contributed by atoms with van der Waals surface area (Å²) in [5.41, 5.74) is 17.4. The molecule has 1 aliphatic carbocycles. The summed E-state index contributed by atoms with van der Waals surface area (Å²) < 4.78 is 6.67. The number of rotatable bonds is 2. The van der Waals surface area contributed by atoms with Crippen molar-refractivity contribution in [2.24, 2.45) is 0 Å². The molecule has 0 fully saturated rings. The smallest absolute Gasteiger partial charge is 0.132 e. The van der Waals surface area contributed by atoms with Crippen LogP contribution in [0.3, 0.4) is 0 Å². The SMILES string of the molecule is C1=C=C2C(=CC=1)Nc1ccccc1C21c2cc(-c3ccccc3)ccc2Oc2ccc(-c3ccccc3)cc21. The van der Waals surface area contributed by atoms with Gasteiger partial charge < -0.3 is 10.1 Å². The molecule has 0 radical (unpaired) electrons. The zero-order valence-electron chi connectivity index (χ0n) is 21.1. The molecule has 0 saturated carbocycles. The average Bonchev–Trinajstić information content (AvgIpc) is 3.01. The number of para-hydroxylation sites is 1. The lowest BCUT2D eigenvalue weighted by Crippen LogP contribution is -2.40. The van der Waals surface area contributed by atoms with Gasteiger partial charge in [-0.15, -0.1) is 0 Å². The van der Waals surface area contributed by atoms with Gasteiger partial charge in [0.1, 0.15) is 11.5 Å². The van der Waals surface area contributed by atoms with E-state index in [1.54, 1.807) is 0 Å². The molecule has 182 valence electrons. The molecule has 2 nitrogen and oxygen atoms in total. The molecular formula is C37H23NO. The Morgan fingerprint density at radius 2 is 1.15 bits per heavy atom. The lowest BCUT2D eigenvalue weighted by molar-refractivity contribution is 0.433. The minimum absolute atomic E-state index is 0.645. The lowest BCUT2D eigenvalue weighted by Gasteiger charge is -2.46. The Morgan fingerprint density at radius 3 is 1.79 bits per heavy atom. The van der Waals surface area contributed by atoms with Crippen LogP contribution >= 0.6 is 0 Å². The van der Waals surface area contributed by atoms with Crippen molar-refractivity contribution in [3.05, 3.63) is 173 Å². The molecule has 1 spiro atoms. The molecule has 5 aromatic carbocycles. The highest BCUT2D eigenvalue weighted by Crippen LogP contribution is 2.61.